The van der Waals surface area contributed by atoms with E-state index in [-0.39, 0.29) is 0 Å². The Labute approximate surface area is 127 Å². The molecule has 1 fully saturated rings. The van der Waals surface area contributed by atoms with Gasteiger partial charge in [0.1, 0.15) is 0 Å². The van der Waals surface area contributed by atoms with Gasteiger partial charge in [0.15, 0.2) is 0 Å². The van der Waals surface area contributed by atoms with E-state index in [0.29, 0.717) is 11.9 Å². The first-order valence-corrected chi connectivity index (χ1v) is 7.87. The zero-order valence-electron chi connectivity index (χ0n) is 10.3. The van der Waals surface area contributed by atoms with E-state index in [1.165, 1.54) is 0 Å². The summed E-state index contributed by atoms with van der Waals surface area (Å²) >= 11 is 6.96. The minimum absolute atomic E-state index is 0.396. The molecule has 1 aliphatic carbocycles. The van der Waals surface area contributed by atoms with Crippen molar-refractivity contribution >= 4 is 45.4 Å². The molecule has 0 unspecified atom stereocenters. The van der Waals surface area contributed by atoms with Crippen molar-refractivity contribution in [2.75, 3.05) is 5.73 Å². The topological polar surface area (TPSA) is 38.0 Å². The van der Waals surface area contributed by atoms with Gasteiger partial charge in [-0.3, -0.25) is 0 Å². The third-order valence-electron chi connectivity index (χ3n) is 3.53. The van der Waals surface area contributed by atoms with Crippen molar-refractivity contribution < 1.29 is 0 Å². The van der Waals surface area contributed by atoms with Crippen molar-refractivity contribution in [1.82, 2.24) is 5.32 Å². The molecular formula is C13H17BBr2N2. The van der Waals surface area contributed by atoms with E-state index in [0.717, 1.165) is 52.4 Å². The second kappa shape index (κ2) is 6.44. The van der Waals surface area contributed by atoms with E-state index in [1.807, 2.05) is 6.07 Å². The number of hydrogen-bond acceptors (Lipinski definition) is 2. The molecule has 1 saturated carbocycles. The molecule has 96 valence electrons. The van der Waals surface area contributed by atoms with Crippen LogP contribution in [0.2, 0.25) is 5.82 Å². The molecule has 18 heavy (non-hydrogen) atoms. The lowest BCUT2D eigenvalue weighted by Gasteiger charge is -2.27. The quantitative estimate of drug-likeness (QED) is 0.626. The van der Waals surface area contributed by atoms with Crippen LogP contribution in [0, 0.1) is 0 Å². The van der Waals surface area contributed by atoms with Crippen molar-refractivity contribution in [2.24, 2.45) is 0 Å². The van der Waals surface area contributed by atoms with E-state index in [1.54, 1.807) is 0 Å². The van der Waals surface area contributed by atoms with Crippen molar-refractivity contribution in [3.8, 4) is 0 Å². The first-order chi connectivity index (χ1) is 8.56. The molecule has 5 heteroatoms. The Morgan fingerprint density at radius 2 is 1.89 bits per heavy atom. The molecule has 1 aliphatic rings. The number of hydrogen-bond donors (Lipinski definition) is 2. The molecule has 0 saturated heterocycles. The smallest absolute Gasteiger partial charge is 0.0699 e. The normalized spacial score (nSPS) is 24.1. The maximum atomic E-state index is 6.06. The van der Waals surface area contributed by atoms with Crippen LogP contribution in [0.1, 0.15) is 31.2 Å². The number of rotatable bonds is 3. The number of nitrogens with two attached hydrogens (primary N) is 1. The van der Waals surface area contributed by atoms with Gasteiger partial charge in [0.2, 0.25) is 0 Å². The van der Waals surface area contributed by atoms with Gasteiger partial charge >= 0.3 is 0 Å². The fourth-order valence-corrected chi connectivity index (χ4v) is 3.68. The summed E-state index contributed by atoms with van der Waals surface area (Å²) in [6.07, 6.45) is 4.57. The van der Waals surface area contributed by atoms with Crippen LogP contribution in [0.3, 0.4) is 0 Å². The summed E-state index contributed by atoms with van der Waals surface area (Å²) in [6.45, 7) is 0.809. The summed E-state index contributed by atoms with van der Waals surface area (Å²) in [6, 6.07) is 4.61. The van der Waals surface area contributed by atoms with Crippen LogP contribution in [-0.2, 0) is 6.54 Å². The lowest BCUT2D eigenvalue weighted by Crippen LogP contribution is -2.32. The largest absolute Gasteiger partial charge is 0.398 e. The van der Waals surface area contributed by atoms with E-state index >= 15 is 0 Å². The Morgan fingerprint density at radius 1 is 1.22 bits per heavy atom. The predicted octanol–water partition coefficient (Wildman–Crippen LogP) is 3.78. The van der Waals surface area contributed by atoms with Gasteiger partial charge in [-0.1, -0.05) is 34.6 Å². The predicted molar refractivity (Wildman–Crippen MR) is 84.9 cm³/mol. The Kier molecular flexibility index (Phi) is 5.16. The van der Waals surface area contributed by atoms with E-state index < -0.39 is 0 Å². The highest BCUT2D eigenvalue weighted by atomic mass is 79.9. The van der Waals surface area contributed by atoms with Crippen LogP contribution in [0.15, 0.2) is 21.1 Å². The second-order valence-corrected chi connectivity index (χ2v) is 6.72. The van der Waals surface area contributed by atoms with Crippen molar-refractivity contribution in [3.63, 3.8) is 0 Å². The molecule has 0 heterocycles. The van der Waals surface area contributed by atoms with Gasteiger partial charge in [0.05, 0.1) is 13.5 Å². The zero-order valence-corrected chi connectivity index (χ0v) is 13.4. The van der Waals surface area contributed by atoms with Crippen LogP contribution in [0.4, 0.5) is 5.69 Å². The molecule has 2 rings (SSSR count). The lowest BCUT2D eigenvalue weighted by atomic mass is 9.74. The van der Waals surface area contributed by atoms with Crippen LogP contribution >= 0.6 is 31.9 Å². The molecule has 0 atom stereocenters. The molecule has 0 aliphatic heterocycles. The van der Waals surface area contributed by atoms with Crippen LogP contribution in [0.25, 0.3) is 0 Å². The fourth-order valence-electron chi connectivity index (χ4n) is 2.36. The molecule has 1 aromatic carbocycles. The first kappa shape index (κ1) is 14.4. The Hall–Kier alpha value is 0.00494. The van der Waals surface area contributed by atoms with Gasteiger partial charge < -0.3 is 11.1 Å². The van der Waals surface area contributed by atoms with E-state index in [9.17, 15) is 0 Å². The number of nitrogen functional groups attached to an aromatic ring is 1. The van der Waals surface area contributed by atoms with Crippen molar-refractivity contribution in [3.05, 3.63) is 26.6 Å². The van der Waals surface area contributed by atoms with Crippen molar-refractivity contribution in [2.45, 2.75) is 44.1 Å². The van der Waals surface area contributed by atoms with Crippen LogP contribution in [0.5, 0.6) is 0 Å². The standard InChI is InChI=1S/C13H17BBr2N2/c14-9-1-3-11(4-2-9)18-7-8-5-10(15)6-12(16)13(8)17/h5-6,9,11,18H,1-4,7,17H2. The SMILES string of the molecule is [B]C1CCC(NCc2cc(Br)cc(Br)c2N)CC1. The Balaban J connectivity index is 1.94. The maximum Gasteiger partial charge on any atom is 0.0699 e. The zero-order chi connectivity index (χ0) is 13.1. The maximum absolute atomic E-state index is 6.06. The number of benzene rings is 1. The average molecular weight is 372 g/mol. The minimum atomic E-state index is 0.396. The molecule has 1 aromatic rings. The van der Waals surface area contributed by atoms with Gasteiger partial charge in [0.25, 0.3) is 0 Å². The molecule has 2 radical (unpaired) electrons. The van der Waals surface area contributed by atoms with Gasteiger partial charge in [-0.15, -0.1) is 0 Å². The minimum Gasteiger partial charge on any atom is -0.398 e. The molecule has 0 aromatic heterocycles. The molecule has 0 spiro atoms. The van der Waals surface area contributed by atoms with E-state index in [4.69, 9.17) is 13.6 Å². The van der Waals surface area contributed by atoms with Crippen molar-refractivity contribution in [1.29, 1.82) is 0 Å². The average Bonchev–Trinajstić information content (AvgIpc) is 2.34. The monoisotopic (exact) mass is 370 g/mol. The van der Waals surface area contributed by atoms with Gasteiger partial charge in [-0.2, -0.15) is 0 Å². The number of nitrogens with one attached hydrogen (secondary N) is 1. The number of anilines is 1. The van der Waals surface area contributed by atoms with Gasteiger partial charge in [-0.05, 0) is 46.5 Å². The van der Waals surface area contributed by atoms with E-state index in [2.05, 4.69) is 43.2 Å². The second-order valence-electron chi connectivity index (χ2n) is 4.95. The highest BCUT2D eigenvalue weighted by Crippen LogP contribution is 2.29. The molecule has 2 nitrogen and oxygen atoms in total. The summed E-state index contributed by atoms with van der Waals surface area (Å²) in [4.78, 5) is 0. The molecular weight excluding hydrogens is 355 g/mol. The highest BCUT2D eigenvalue weighted by molar-refractivity contribution is 9.11. The summed E-state index contributed by atoms with van der Waals surface area (Å²) in [7, 11) is 5.91. The molecule has 3 N–H and O–H groups in total. The van der Waals surface area contributed by atoms with Crippen LogP contribution < -0.4 is 11.1 Å². The van der Waals surface area contributed by atoms with Gasteiger partial charge in [-0.25, -0.2) is 0 Å². The lowest BCUT2D eigenvalue weighted by molar-refractivity contribution is 0.373. The molecule has 0 amide bonds. The first-order valence-electron chi connectivity index (χ1n) is 6.28. The number of halogens is 2. The highest BCUT2D eigenvalue weighted by Gasteiger charge is 2.17. The summed E-state index contributed by atoms with van der Waals surface area (Å²) in [5, 5.41) is 3.58. The van der Waals surface area contributed by atoms with Crippen LogP contribution in [-0.4, -0.2) is 13.9 Å². The third kappa shape index (κ3) is 3.75. The Morgan fingerprint density at radius 3 is 2.56 bits per heavy atom. The molecule has 0 bridgehead atoms. The third-order valence-corrected chi connectivity index (χ3v) is 4.65. The van der Waals surface area contributed by atoms with Gasteiger partial charge in [0, 0.05) is 21.5 Å². The summed E-state index contributed by atoms with van der Waals surface area (Å²) in [5.41, 5.74) is 8.01. The Bertz CT molecular complexity index is 418. The summed E-state index contributed by atoms with van der Waals surface area (Å²) < 4.78 is 1.99. The fraction of sp³-hybridized carbons (Fsp3) is 0.538. The summed E-state index contributed by atoms with van der Waals surface area (Å²) in [5.74, 6) is 0.396.